The van der Waals surface area contributed by atoms with Gasteiger partial charge in [-0.1, -0.05) is 28.1 Å². The third-order valence-corrected chi connectivity index (χ3v) is 5.49. The molecule has 2 aromatic carbocycles. The first-order valence-electron chi connectivity index (χ1n) is 8.73. The Labute approximate surface area is 193 Å². The van der Waals surface area contributed by atoms with E-state index in [1.165, 1.54) is 0 Å². The Kier molecular flexibility index (Phi) is 5.76. The molecular formula is C20H9Br2F5N4O. The molecule has 0 spiro atoms. The summed E-state index contributed by atoms with van der Waals surface area (Å²) in [4.78, 5) is 16.7. The van der Waals surface area contributed by atoms with Crippen LogP contribution in [0.1, 0.15) is 16.2 Å². The fourth-order valence-electron chi connectivity index (χ4n) is 2.90. The van der Waals surface area contributed by atoms with Gasteiger partial charge in [0.2, 0.25) is 0 Å². The molecular weight excluding hydrogens is 567 g/mol. The highest BCUT2D eigenvalue weighted by Crippen LogP contribution is 2.33. The van der Waals surface area contributed by atoms with Gasteiger partial charge in [-0.05, 0) is 40.2 Å². The molecule has 0 fully saturated rings. The molecule has 4 aromatic rings. The third kappa shape index (κ3) is 4.37. The van der Waals surface area contributed by atoms with Crippen LogP contribution < -0.4 is 5.32 Å². The predicted octanol–water partition coefficient (Wildman–Crippen LogP) is 6.47. The number of anilines is 1. The molecule has 0 aliphatic carbocycles. The predicted molar refractivity (Wildman–Crippen MR) is 113 cm³/mol. The summed E-state index contributed by atoms with van der Waals surface area (Å²) < 4.78 is 69.5. The molecule has 32 heavy (non-hydrogen) atoms. The number of alkyl halides is 3. The lowest BCUT2D eigenvalue weighted by molar-refractivity contribution is -0.142. The smallest absolute Gasteiger partial charge is 0.317 e. The van der Waals surface area contributed by atoms with Gasteiger partial charge in [0.25, 0.3) is 5.91 Å². The summed E-state index contributed by atoms with van der Waals surface area (Å²) in [5.74, 6) is -2.94. The Hall–Kier alpha value is -2.86. The molecule has 0 radical (unpaired) electrons. The molecule has 0 saturated heterocycles. The van der Waals surface area contributed by atoms with Crippen molar-refractivity contribution < 1.29 is 26.7 Å². The van der Waals surface area contributed by atoms with Crippen LogP contribution in [-0.4, -0.2) is 20.5 Å². The van der Waals surface area contributed by atoms with Crippen LogP contribution in [0.4, 0.5) is 27.6 Å². The van der Waals surface area contributed by atoms with E-state index in [4.69, 9.17) is 0 Å². The summed E-state index contributed by atoms with van der Waals surface area (Å²) in [6.07, 6.45) is -4.79. The van der Waals surface area contributed by atoms with Crippen molar-refractivity contribution in [2.24, 2.45) is 0 Å². The van der Waals surface area contributed by atoms with E-state index >= 15 is 0 Å². The molecule has 1 N–H and O–H groups in total. The van der Waals surface area contributed by atoms with Crippen LogP contribution in [0.25, 0.3) is 16.9 Å². The van der Waals surface area contributed by atoms with Crippen LogP contribution in [-0.2, 0) is 6.18 Å². The fourth-order valence-corrected chi connectivity index (χ4v) is 3.67. The van der Waals surface area contributed by atoms with Gasteiger partial charge in [0.15, 0.2) is 22.9 Å². The number of benzene rings is 2. The highest BCUT2D eigenvalue weighted by molar-refractivity contribution is 9.10. The number of rotatable bonds is 3. The zero-order valence-electron chi connectivity index (χ0n) is 15.5. The lowest BCUT2D eigenvalue weighted by atomic mass is 10.1. The molecule has 0 saturated carbocycles. The average Bonchev–Trinajstić information content (AvgIpc) is 3.13. The monoisotopic (exact) mass is 574 g/mol. The molecule has 12 heteroatoms. The van der Waals surface area contributed by atoms with Crippen molar-refractivity contribution in [1.82, 2.24) is 14.6 Å². The van der Waals surface area contributed by atoms with Crippen LogP contribution in [0, 0.1) is 11.6 Å². The molecule has 0 unspecified atom stereocenters. The van der Waals surface area contributed by atoms with Crippen LogP contribution in [0.15, 0.2) is 57.5 Å². The van der Waals surface area contributed by atoms with Gasteiger partial charge in [0.05, 0.1) is 11.4 Å². The maximum Gasteiger partial charge on any atom is 0.433 e. The Morgan fingerprint density at radius 2 is 1.69 bits per heavy atom. The number of fused-ring (bicyclic) bond motifs is 1. The van der Waals surface area contributed by atoms with E-state index in [0.29, 0.717) is 16.1 Å². The van der Waals surface area contributed by atoms with E-state index < -0.39 is 35.1 Å². The van der Waals surface area contributed by atoms with Gasteiger partial charge in [-0.2, -0.15) is 18.3 Å². The molecule has 2 heterocycles. The van der Waals surface area contributed by atoms with E-state index in [-0.39, 0.29) is 21.5 Å². The maximum atomic E-state index is 14.0. The van der Waals surface area contributed by atoms with Crippen molar-refractivity contribution in [2.45, 2.75) is 6.18 Å². The molecule has 1 amide bonds. The third-order valence-electron chi connectivity index (χ3n) is 4.34. The van der Waals surface area contributed by atoms with E-state index in [1.807, 2.05) is 0 Å². The van der Waals surface area contributed by atoms with E-state index in [0.717, 1.165) is 22.7 Å². The number of hydrogen-bond acceptors (Lipinski definition) is 3. The molecule has 0 atom stereocenters. The van der Waals surface area contributed by atoms with Crippen molar-refractivity contribution in [1.29, 1.82) is 0 Å². The van der Waals surface area contributed by atoms with Crippen molar-refractivity contribution in [2.75, 3.05) is 5.32 Å². The lowest BCUT2D eigenvalue weighted by Crippen LogP contribution is -2.16. The molecule has 0 bridgehead atoms. The van der Waals surface area contributed by atoms with E-state index in [1.54, 1.807) is 24.3 Å². The molecule has 5 nitrogen and oxygen atoms in total. The Morgan fingerprint density at radius 1 is 1.00 bits per heavy atom. The SMILES string of the molecule is O=C(Nc1c(F)cc(F)cc1Br)c1cc2nc(-c3ccc(Br)cc3)cc(C(F)(F)F)n2n1. The van der Waals surface area contributed by atoms with Crippen molar-refractivity contribution in [3.63, 3.8) is 0 Å². The number of hydrogen-bond donors (Lipinski definition) is 1. The zero-order valence-corrected chi connectivity index (χ0v) is 18.7. The highest BCUT2D eigenvalue weighted by Gasteiger charge is 2.35. The number of carbonyl (C=O) groups excluding carboxylic acids is 1. The molecule has 2 aromatic heterocycles. The topological polar surface area (TPSA) is 59.3 Å². The first-order chi connectivity index (χ1) is 15.0. The Balaban J connectivity index is 1.79. The second kappa shape index (κ2) is 8.24. The van der Waals surface area contributed by atoms with Crippen LogP contribution in [0.5, 0.6) is 0 Å². The molecule has 164 valence electrons. The van der Waals surface area contributed by atoms with Crippen LogP contribution in [0.3, 0.4) is 0 Å². The summed E-state index contributed by atoms with van der Waals surface area (Å²) in [6, 6.07) is 9.82. The van der Waals surface area contributed by atoms with Gasteiger partial charge in [0, 0.05) is 26.6 Å². The lowest BCUT2D eigenvalue weighted by Gasteiger charge is -2.11. The normalized spacial score (nSPS) is 11.7. The summed E-state index contributed by atoms with van der Waals surface area (Å²) in [5.41, 5.74) is -1.75. The second-order valence-corrected chi connectivity index (χ2v) is 8.30. The van der Waals surface area contributed by atoms with Crippen LogP contribution >= 0.6 is 31.9 Å². The maximum absolute atomic E-state index is 14.0. The first kappa shape index (κ1) is 22.3. The van der Waals surface area contributed by atoms with E-state index in [2.05, 4.69) is 47.3 Å². The number of nitrogens with zero attached hydrogens (tertiary/aromatic N) is 3. The number of nitrogens with one attached hydrogen (secondary N) is 1. The second-order valence-electron chi connectivity index (χ2n) is 6.53. The number of carbonyl (C=O) groups is 1. The van der Waals surface area contributed by atoms with Crippen molar-refractivity contribution in [3.05, 3.63) is 80.5 Å². The van der Waals surface area contributed by atoms with Gasteiger partial charge in [-0.3, -0.25) is 4.79 Å². The standard InChI is InChI=1S/C20H9Br2F5N4O/c21-10-3-1-9(2-4-10)14-7-16(20(25,26)27)31-17(28-14)8-15(30-31)19(32)29-18-12(22)5-11(23)6-13(18)24/h1-8H,(H,29,32). The zero-order chi connectivity index (χ0) is 23.2. The Morgan fingerprint density at radius 3 is 2.31 bits per heavy atom. The summed E-state index contributed by atoms with van der Waals surface area (Å²) in [5, 5.41) is 5.88. The van der Waals surface area contributed by atoms with Gasteiger partial charge < -0.3 is 5.32 Å². The highest BCUT2D eigenvalue weighted by atomic mass is 79.9. The summed E-state index contributed by atoms with van der Waals surface area (Å²) >= 11 is 6.18. The average molecular weight is 576 g/mol. The molecule has 4 rings (SSSR count). The van der Waals surface area contributed by atoms with E-state index in [9.17, 15) is 26.7 Å². The number of aromatic nitrogens is 3. The van der Waals surface area contributed by atoms with Crippen LogP contribution in [0.2, 0.25) is 0 Å². The summed E-state index contributed by atoms with van der Waals surface area (Å²) in [6.45, 7) is 0. The quantitative estimate of drug-likeness (QED) is 0.285. The van der Waals surface area contributed by atoms with Gasteiger partial charge >= 0.3 is 6.18 Å². The first-order valence-corrected chi connectivity index (χ1v) is 10.3. The minimum atomic E-state index is -4.79. The largest absolute Gasteiger partial charge is 0.433 e. The Bertz CT molecular complexity index is 1330. The minimum Gasteiger partial charge on any atom is -0.317 e. The molecule has 0 aliphatic rings. The van der Waals surface area contributed by atoms with Crippen molar-refractivity contribution in [3.8, 4) is 11.3 Å². The van der Waals surface area contributed by atoms with Crippen molar-refractivity contribution >= 4 is 49.1 Å². The number of halogens is 7. The summed E-state index contributed by atoms with van der Waals surface area (Å²) in [7, 11) is 0. The fraction of sp³-hybridized carbons (Fsp3) is 0.0500. The van der Waals surface area contributed by atoms with Gasteiger partial charge in [-0.25, -0.2) is 18.3 Å². The minimum absolute atomic E-state index is 0.0245. The number of amides is 1. The van der Waals surface area contributed by atoms with Gasteiger partial charge in [-0.15, -0.1) is 0 Å². The van der Waals surface area contributed by atoms with Gasteiger partial charge in [0.1, 0.15) is 5.82 Å². The molecule has 0 aliphatic heterocycles.